The van der Waals surface area contributed by atoms with Crippen molar-refractivity contribution in [3.05, 3.63) is 119 Å². The fourth-order valence-corrected chi connectivity index (χ4v) is 6.96. The van der Waals surface area contributed by atoms with Crippen molar-refractivity contribution in [2.24, 2.45) is 0 Å². The van der Waals surface area contributed by atoms with E-state index in [1.807, 2.05) is 97.2 Å². The molecule has 0 bridgehead atoms. The third-order valence-electron chi connectivity index (χ3n) is 4.83. The molecule has 0 fully saturated rings. The van der Waals surface area contributed by atoms with Crippen LogP contribution in [0.2, 0.25) is 0 Å². The summed E-state index contributed by atoms with van der Waals surface area (Å²) in [6.07, 6.45) is 0. The summed E-state index contributed by atoms with van der Waals surface area (Å²) < 4.78 is 14.1. The van der Waals surface area contributed by atoms with E-state index in [9.17, 15) is 4.57 Å². The van der Waals surface area contributed by atoms with Crippen molar-refractivity contribution < 1.29 is 4.57 Å². The molecule has 0 atom stereocenters. The molecule has 166 valence electrons. The average Bonchev–Trinajstić information content (AvgIpc) is 3.28. The molecule has 4 rings (SSSR count). The monoisotopic (exact) mass is 510 g/mol. The van der Waals surface area contributed by atoms with Crippen LogP contribution in [0.5, 0.6) is 0 Å². The molecule has 4 aromatic rings. The van der Waals surface area contributed by atoms with Crippen molar-refractivity contribution in [1.82, 2.24) is 4.98 Å². The maximum Gasteiger partial charge on any atom is 0.217 e. The first-order chi connectivity index (χ1) is 15.9. The number of nitrogens with zero attached hydrogens (tertiary/aromatic N) is 1. The van der Waals surface area contributed by atoms with Gasteiger partial charge in [-0.25, -0.2) is 4.98 Å². The van der Waals surface area contributed by atoms with Crippen LogP contribution in [0.25, 0.3) is 21.3 Å². The van der Waals surface area contributed by atoms with Crippen LogP contribution >= 0.6 is 41.8 Å². The van der Waals surface area contributed by atoms with Gasteiger partial charge in [0.05, 0.1) is 15.8 Å². The van der Waals surface area contributed by atoms with E-state index < -0.39 is 7.29 Å². The highest BCUT2D eigenvalue weighted by Gasteiger charge is 2.21. The second-order valence-corrected chi connectivity index (χ2v) is 11.2. The van der Waals surface area contributed by atoms with Gasteiger partial charge in [0, 0.05) is 22.6 Å². The third-order valence-corrected chi connectivity index (χ3v) is 8.54. The number of rotatable bonds is 7. The molecule has 0 radical (unpaired) electrons. The van der Waals surface area contributed by atoms with E-state index in [1.165, 1.54) is 28.5 Å². The van der Waals surface area contributed by atoms with Crippen LogP contribution in [0.1, 0.15) is 16.7 Å². The molecule has 0 saturated carbocycles. The van der Waals surface area contributed by atoms with E-state index in [0.717, 1.165) is 22.4 Å². The molecular weight excluding hydrogens is 490 g/mol. The molecule has 1 N–H and O–H groups in total. The molecule has 0 saturated heterocycles. The van der Waals surface area contributed by atoms with Crippen LogP contribution < -0.4 is 5.09 Å². The van der Waals surface area contributed by atoms with Gasteiger partial charge in [-0.3, -0.25) is 4.57 Å². The van der Waals surface area contributed by atoms with Crippen molar-refractivity contribution in [2.75, 3.05) is 5.09 Å². The van der Waals surface area contributed by atoms with E-state index in [-0.39, 0.29) is 0 Å². The fraction of sp³-hybridized carbons (Fsp3) is 0.0385. The molecule has 0 amide bonds. The van der Waals surface area contributed by atoms with Gasteiger partial charge in [-0.15, -0.1) is 11.3 Å². The smallest absolute Gasteiger partial charge is 0.217 e. The maximum atomic E-state index is 14.1. The largest absolute Gasteiger partial charge is 0.306 e. The van der Waals surface area contributed by atoms with E-state index in [2.05, 4.69) is 10.1 Å². The van der Waals surface area contributed by atoms with Crippen molar-refractivity contribution >= 4 is 57.0 Å². The summed E-state index contributed by atoms with van der Waals surface area (Å²) in [4.78, 5) is 4.65. The predicted octanol–water partition coefficient (Wildman–Crippen LogP) is 9.28. The first-order valence-electron chi connectivity index (χ1n) is 10.2. The topological polar surface area (TPSA) is 42.0 Å². The van der Waals surface area contributed by atoms with Crippen LogP contribution in [0, 0.1) is 6.92 Å². The molecule has 0 aliphatic heterocycles. The number of hydrogen-bond acceptors (Lipinski definition) is 3. The van der Waals surface area contributed by atoms with Gasteiger partial charge in [0.25, 0.3) is 0 Å². The van der Waals surface area contributed by atoms with Gasteiger partial charge in [0.15, 0.2) is 5.13 Å². The van der Waals surface area contributed by atoms with Crippen molar-refractivity contribution in [1.29, 1.82) is 0 Å². The minimum atomic E-state index is -3.36. The summed E-state index contributed by atoms with van der Waals surface area (Å²) in [7, 11) is -3.36. The van der Waals surface area contributed by atoms with Crippen LogP contribution in [-0.4, -0.2) is 4.98 Å². The summed E-state index contributed by atoms with van der Waals surface area (Å²) in [5.41, 5.74) is 4.52. The average molecular weight is 511 g/mol. The number of benzene rings is 3. The Morgan fingerprint density at radius 1 is 0.848 bits per heavy atom. The minimum Gasteiger partial charge on any atom is -0.306 e. The van der Waals surface area contributed by atoms with Crippen molar-refractivity contribution in [3.63, 3.8) is 0 Å². The molecule has 7 heteroatoms. The molecule has 0 aliphatic rings. The number of halogens is 2. The van der Waals surface area contributed by atoms with Crippen LogP contribution in [-0.2, 0) is 4.57 Å². The summed E-state index contributed by atoms with van der Waals surface area (Å²) in [5.74, 6) is 3.06. The number of thiazole rings is 1. The molecule has 3 nitrogen and oxygen atoms in total. The molecule has 0 unspecified atom stereocenters. The Hall–Kier alpha value is -2.62. The molecule has 33 heavy (non-hydrogen) atoms. The Morgan fingerprint density at radius 2 is 1.36 bits per heavy atom. The second-order valence-electron chi connectivity index (χ2n) is 7.41. The van der Waals surface area contributed by atoms with Gasteiger partial charge >= 0.3 is 0 Å². The zero-order valence-corrected chi connectivity index (χ0v) is 21.0. The van der Waals surface area contributed by atoms with Crippen molar-refractivity contribution in [3.8, 4) is 11.3 Å². The van der Waals surface area contributed by atoms with Crippen LogP contribution in [0.4, 0.5) is 5.13 Å². The number of nitrogens with one attached hydrogen (secondary N) is 1. The summed E-state index contributed by atoms with van der Waals surface area (Å²) in [5, 5.41) is 6.30. The Kier molecular flexibility index (Phi) is 7.52. The second kappa shape index (κ2) is 10.5. The number of hydrogen-bond donors (Lipinski definition) is 1. The Morgan fingerprint density at radius 3 is 1.88 bits per heavy atom. The summed E-state index contributed by atoms with van der Waals surface area (Å²) in [6.45, 7) is 2.04. The van der Waals surface area contributed by atoms with Crippen molar-refractivity contribution in [2.45, 2.75) is 6.92 Å². The lowest BCUT2D eigenvalue weighted by molar-refractivity contribution is 0.589. The number of aryl methyl sites for hydroxylation is 1. The number of anilines is 1. The summed E-state index contributed by atoms with van der Waals surface area (Å²) >= 11 is 14.5. The van der Waals surface area contributed by atoms with E-state index in [0.29, 0.717) is 15.2 Å². The zero-order valence-electron chi connectivity index (χ0n) is 17.8. The molecule has 1 aromatic heterocycles. The lowest BCUT2D eigenvalue weighted by atomic mass is 10.1. The lowest BCUT2D eigenvalue weighted by Gasteiger charge is -2.13. The van der Waals surface area contributed by atoms with Gasteiger partial charge in [0.1, 0.15) is 0 Å². The highest BCUT2D eigenvalue weighted by molar-refractivity contribution is 7.72. The Balaban J connectivity index is 1.70. The third kappa shape index (κ3) is 6.25. The Bertz CT molecular complexity index is 1270. The first kappa shape index (κ1) is 23.5. The zero-order chi connectivity index (χ0) is 23.3. The van der Waals surface area contributed by atoms with Gasteiger partial charge in [0.2, 0.25) is 7.29 Å². The molecule has 3 aromatic carbocycles. The Labute approximate surface area is 207 Å². The highest BCUT2D eigenvalue weighted by Crippen LogP contribution is 2.54. The lowest BCUT2D eigenvalue weighted by Crippen LogP contribution is -1.94. The van der Waals surface area contributed by atoms with Crippen LogP contribution in [0.3, 0.4) is 0 Å². The van der Waals surface area contributed by atoms with E-state index >= 15 is 0 Å². The quantitative estimate of drug-likeness (QED) is 0.252. The number of aromatic nitrogens is 1. The predicted molar refractivity (Wildman–Crippen MR) is 144 cm³/mol. The van der Waals surface area contributed by atoms with E-state index in [4.69, 9.17) is 23.2 Å². The molecule has 0 aliphatic carbocycles. The van der Waals surface area contributed by atoms with Gasteiger partial charge in [-0.2, -0.15) is 0 Å². The van der Waals surface area contributed by atoms with Gasteiger partial charge < -0.3 is 5.09 Å². The van der Waals surface area contributed by atoms with Gasteiger partial charge in [-0.05, 0) is 18.1 Å². The highest BCUT2D eigenvalue weighted by atomic mass is 35.5. The standard InChI is InChI=1S/C26H21Cl2N2OPS/c1-19-12-14-22(15-13-19)25-18-33-26(29-25)30-32(31,16-23(27)20-8-4-2-5-9-20)17-24(28)21-10-6-3-7-11-21/h2-18H,1H3,(H,29,30,31). The molecule has 1 heterocycles. The van der Waals surface area contributed by atoms with E-state index in [1.54, 1.807) is 0 Å². The molecular formula is C26H21Cl2N2OPS. The maximum absolute atomic E-state index is 14.1. The van der Waals surface area contributed by atoms with Crippen LogP contribution in [0.15, 0.2) is 102 Å². The normalized spacial score (nSPS) is 14.0. The molecule has 0 spiro atoms. The minimum absolute atomic E-state index is 0.371. The van der Waals surface area contributed by atoms with Gasteiger partial charge in [-0.1, -0.05) is 114 Å². The SMILES string of the molecule is Cc1ccc(-c2csc(NP(=O)(C=C(Cl)c3ccccc3)C=C(Cl)c3ccccc3)n2)cc1. The first-order valence-corrected chi connectivity index (χ1v) is 13.7. The fourth-order valence-electron chi connectivity index (χ4n) is 3.11. The summed E-state index contributed by atoms with van der Waals surface area (Å²) in [6, 6.07) is 26.9.